The number of amides is 3. The molecule has 0 atom stereocenters. The first-order valence-corrected chi connectivity index (χ1v) is 6.69. The van der Waals surface area contributed by atoms with Crippen LogP contribution < -0.4 is 10.6 Å². The van der Waals surface area contributed by atoms with Crippen LogP contribution in [-0.2, 0) is 4.79 Å². The first-order chi connectivity index (χ1) is 7.72. The Bertz CT molecular complexity index is 242. The van der Waals surface area contributed by atoms with Crippen molar-refractivity contribution in [3.63, 3.8) is 0 Å². The lowest BCUT2D eigenvalue weighted by Gasteiger charge is -2.25. The Labute approximate surface area is 100 Å². The second-order valence-corrected chi connectivity index (χ2v) is 4.91. The monoisotopic (exact) mass is 245 g/mol. The summed E-state index contributed by atoms with van der Waals surface area (Å²) < 4.78 is 0. The van der Waals surface area contributed by atoms with E-state index in [-0.39, 0.29) is 5.91 Å². The van der Waals surface area contributed by atoms with E-state index in [1.165, 1.54) is 18.6 Å². The summed E-state index contributed by atoms with van der Waals surface area (Å²) in [4.78, 5) is 24.5. The molecule has 0 aromatic heterocycles. The average molecular weight is 245 g/mol. The molecule has 1 rings (SSSR count). The van der Waals surface area contributed by atoms with Crippen LogP contribution in [0.25, 0.3) is 0 Å². The zero-order valence-electron chi connectivity index (χ0n) is 9.62. The molecule has 0 aromatic carbocycles. The summed E-state index contributed by atoms with van der Waals surface area (Å²) in [6.45, 7) is 3.17. The van der Waals surface area contributed by atoms with E-state index >= 15 is 0 Å². The SMILES string of the molecule is CNC(=O)NC(=O)CCCN1CCSCC1. The Morgan fingerprint density at radius 2 is 2.00 bits per heavy atom. The van der Waals surface area contributed by atoms with Gasteiger partial charge in [-0.3, -0.25) is 10.1 Å². The number of carbonyl (C=O) groups is 2. The van der Waals surface area contributed by atoms with Gasteiger partial charge in [0.1, 0.15) is 0 Å². The van der Waals surface area contributed by atoms with Crippen molar-refractivity contribution in [1.82, 2.24) is 15.5 Å². The molecule has 1 heterocycles. The molecule has 16 heavy (non-hydrogen) atoms. The van der Waals surface area contributed by atoms with E-state index in [0.717, 1.165) is 26.1 Å². The second kappa shape index (κ2) is 7.51. The first kappa shape index (κ1) is 13.3. The van der Waals surface area contributed by atoms with Crippen molar-refractivity contribution in [2.24, 2.45) is 0 Å². The number of urea groups is 1. The van der Waals surface area contributed by atoms with Gasteiger partial charge >= 0.3 is 6.03 Å². The van der Waals surface area contributed by atoms with Gasteiger partial charge in [0.25, 0.3) is 0 Å². The van der Waals surface area contributed by atoms with Crippen molar-refractivity contribution in [2.75, 3.05) is 38.2 Å². The van der Waals surface area contributed by atoms with Crippen molar-refractivity contribution >= 4 is 23.7 Å². The maximum atomic E-state index is 11.3. The highest BCUT2D eigenvalue weighted by Crippen LogP contribution is 2.09. The van der Waals surface area contributed by atoms with Crippen LogP contribution in [-0.4, -0.2) is 55.0 Å². The fraction of sp³-hybridized carbons (Fsp3) is 0.800. The summed E-state index contributed by atoms with van der Waals surface area (Å²) in [6, 6.07) is -0.431. The van der Waals surface area contributed by atoms with Gasteiger partial charge in [0.15, 0.2) is 0 Å². The molecule has 3 amide bonds. The van der Waals surface area contributed by atoms with Crippen molar-refractivity contribution in [1.29, 1.82) is 0 Å². The number of carbonyl (C=O) groups excluding carboxylic acids is 2. The van der Waals surface area contributed by atoms with Gasteiger partial charge in [-0.25, -0.2) is 4.79 Å². The summed E-state index contributed by atoms with van der Waals surface area (Å²) in [5.74, 6) is 2.17. The van der Waals surface area contributed by atoms with E-state index in [1.807, 2.05) is 11.8 Å². The lowest BCUT2D eigenvalue weighted by atomic mass is 10.2. The van der Waals surface area contributed by atoms with Crippen LogP contribution in [0, 0.1) is 0 Å². The van der Waals surface area contributed by atoms with Crippen LogP contribution in [0.5, 0.6) is 0 Å². The lowest BCUT2D eigenvalue weighted by molar-refractivity contribution is -0.120. The number of hydrogen-bond donors (Lipinski definition) is 2. The van der Waals surface area contributed by atoms with Crippen molar-refractivity contribution < 1.29 is 9.59 Å². The lowest BCUT2D eigenvalue weighted by Crippen LogP contribution is -2.38. The van der Waals surface area contributed by atoms with Crippen LogP contribution in [0.4, 0.5) is 4.79 Å². The standard InChI is InChI=1S/C10H19N3O2S/c1-11-10(15)12-9(14)3-2-4-13-5-7-16-8-6-13/h2-8H2,1H3,(H2,11,12,14,15). The fourth-order valence-electron chi connectivity index (χ4n) is 1.54. The number of nitrogens with one attached hydrogen (secondary N) is 2. The molecule has 0 spiro atoms. The van der Waals surface area contributed by atoms with Crippen LogP contribution in [0.15, 0.2) is 0 Å². The molecule has 5 nitrogen and oxygen atoms in total. The van der Waals surface area contributed by atoms with Gasteiger partial charge in [-0.05, 0) is 13.0 Å². The molecule has 1 aliphatic rings. The minimum atomic E-state index is -0.431. The van der Waals surface area contributed by atoms with Crippen LogP contribution in [0.1, 0.15) is 12.8 Å². The Morgan fingerprint density at radius 3 is 2.62 bits per heavy atom. The smallest absolute Gasteiger partial charge is 0.321 e. The van der Waals surface area contributed by atoms with E-state index in [1.54, 1.807) is 0 Å². The topological polar surface area (TPSA) is 61.4 Å². The molecule has 0 aromatic rings. The Hall–Kier alpha value is -0.750. The predicted octanol–water partition coefficient (Wildman–Crippen LogP) is 0.271. The molecule has 1 saturated heterocycles. The summed E-state index contributed by atoms with van der Waals surface area (Å²) in [5, 5.41) is 4.61. The van der Waals surface area contributed by atoms with E-state index in [0.29, 0.717) is 6.42 Å². The third kappa shape index (κ3) is 5.37. The summed E-state index contributed by atoms with van der Waals surface area (Å²) >= 11 is 1.98. The number of thioether (sulfide) groups is 1. The molecule has 2 N–H and O–H groups in total. The molecule has 1 fully saturated rings. The maximum absolute atomic E-state index is 11.3. The number of nitrogens with zero attached hydrogens (tertiary/aromatic N) is 1. The Balaban J connectivity index is 2.05. The minimum absolute atomic E-state index is 0.203. The highest BCUT2D eigenvalue weighted by atomic mass is 32.2. The van der Waals surface area contributed by atoms with Crippen molar-refractivity contribution in [3.05, 3.63) is 0 Å². The zero-order chi connectivity index (χ0) is 11.8. The fourth-order valence-corrected chi connectivity index (χ4v) is 2.52. The predicted molar refractivity (Wildman–Crippen MR) is 65.6 cm³/mol. The van der Waals surface area contributed by atoms with Crippen LogP contribution in [0.3, 0.4) is 0 Å². The largest absolute Gasteiger partial charge is 0.341 e. The first-order valence-electron chi connectivity index (χ1n) is 5.54. The number of hydrogen-bond acceptors (Lipinski definition) is 4. The van der Waals surface area contributed by atoms with Crippen molar-refractivity contribution in [3.8, 4) is 0 Å². The summed E-state index contributed by atoms with van der Waals surface area (Å²) in [7, 11) is 1.49. The van der Waals surface area contributed by atoms with Crippen molar-refractivity contribution in [2.45, 2.75) is 12.8 Å². The third-order valence-electron chi connectivity index (χ3n) is 2.46. The van der Waals surface area contributed by atoms with Gasteiger partial charge in [-0.1, -0.05) is 0 Å². The molecule has 0 radical (unpaired) electrons. The van der Waals surface area contributed by atoms with E-state index in [2.05, 4.69) is 15.5 Å². The molecular weight excluding hydrogens is 226 g/mol. The molecule has 0 bridgehead atoms. The molecule has 6 heteroatoms. The maximum Gasteiger partial charge on any atom is 0.321 e. The Kier molecular flexibility index (Phi) is 6.25. The molecule has 0 unspecified atom stereocenters. The molecule has 0 aliphatic carbocycles. The Morgan fingerprint density at radius 1 is 1.31 bits per heavy atom. The van der Waals surface area contributed by atoms with Gasteiger partial charge in [0, 0.05) is 38.1 Å². The average Bonchev–Trinajstić information content (AvgIpc) is 2.30. The van der Waals surface area contributed by atoms with E-state index in [4.69, 9.17) is 0 Å². The summed E-state index contributed by atoms with van der Waals surface area (Å²) in [5.41, 5.74) is 0. The zero-order valence-corrected chi connectivity index (χ0v) is 10.4. The van der Waals surface area contributed by atoms with Gasteiger partial charge in [0.2, 0.25) is 5.91 Å². The quantitative estimate of drug-likeness (QED) is 0.746. The molecule has 92 valence electrons. The van der Waals surface area contributed by atoms with Gasteiger partial charge < -0.3 is 10.2 Å². The highest BCUT2D eigenvalue weighted by Gasteiger charge is 2.11. The molecular formula is C10H19N3O2S. The minimum Gasteiger partial charge on any atom is -0.341 e. The number of imide groups is 1. The van der Waals surface area contributed by atoms with Crippen LogP contribution in [0.2, 0.25) is 0 Å². The molecule has 1 aliphatic heterocycles. The van der Waals surface area contributed by atoms with Gasteiger partial charge in [0.05, 0.1) is 0 Å². The summed E-state index contributed by atoms with van der Waals surface area (Å²) in [6.07, 6.45) is 1.23. The van der Waals surface area contributed by atoms with Gasteiger partial charge in [-0.2, -0.15) is 11.8 Å². The second-order valence-electron chi connectivity index (χ2n) is 3.68. The molecule has 0 saturated carbocycles. The number of rotatable bonds is 4. The van der Waals surface area contributed by atoms with E-state index < -0.39 is 6.03 Å². The van der Waals surface area contributed by atoms with Crippen LogP contribution >= 0.6 is 11.8 Å². The third-order valence-corrected chi connectivity index (χ3v) is 3.40. The highest BCUT2D eigenvalue weighted by molar-refractivity contribution is 7.99. The van der Waals surface area contributed by atoms with E-state index in [9.17, 15) is 9.59 Å². The van der Waals surface area contributed by atoms with Gasteiger partial charge in [-0.15, -0.1) is 0 Å². The normalized spacial score (nSPS) is 16.8.